The molecule has 0 saturated heterocycles. The maximum atomic E-state index is 13.7. The average Bonchev–Trinajstić information content (AvgIpc) is 2.38. The number of anilines is 3. The van der Waals surface area contributed by atoms with E-state index in [2.05, 4.69) is 21.2 Å². The number of nitrogens with two attached hydrogens (primary N) is 1. The summed E-state index contributed by atoms with van der Waals surface area (Å²) in [6.45, 7) is 6.22. The molecule has 0 radical (unpaired) electrons. The fourth-order valence-electron chi connectivity index (χ4n) is 2.19. The van der Waals surface area contributed by atoms with E-state index in [4.69, 9.17) is 10.5 Å². The van der Waals surface area contributed by atoms with Crippen LogP contribution >= 0.6 is 15.9 Å². The van der Waals surface area contributed by atoms with E-state index in [1.54, 1.807) is 6.07 Å². The number of rotatable bonds is 4. The molecule has 3 nitrogen and oxygen atoms in total. The van der Waals surface area contributed by atoms with Crippen LogP contribution in [0.1, 0.15) is 18.1 Å². The molecule has 0 aliphatic heterocycles. The molecule has 3 N–H and O–H groups in total. The SMILES string of the molecule is CCOc1cc(Nc2c(C)cc(Br)cc2C)c(N)cc1F. The first-order valence-corrected chi connectivity index (χ1v) is 7.47. The largest absolute Gasteiger partial charge is 0.491 e. The number of halogens is 2. The topological polar surface area (TPSA) is 47.3 Å². The Kier molecular flexibility index (Phi) is 4.73. The Morgan fingerprint density at radius 3 is 2.38 bits per heavy atom. The molecular formula is C16H18BrFN2O. The zero-order valence-corrected chi connectivity index (χ0v) is 13.8. The highest BCUT2D eigenvalue weighted by atomic mass is 79.9. The van der Waals surface area contributed by atoms with E-state index in [0.29, 0.717) is 18.0 Å². The Morgan fingerprint density at radius 2 is 1.81 bits per heavy atom. The smallest absolute Gasteiger partial charge is 0.167 e. The van der Waals surface area contributed by atoms with Gasteiger partial charge in [-0.25, -0.2) is 4.39 Å². The lowest BCUT2D eigenvalue weighted by Crippen LogP contribution is -2.03. The van der Waals surface area contributed by atoms with Crippen LogP contribution in [0.2, 0.25) is 0 Å². The van der Waals surface area contributed by atoms with Crippen LogP contribution in [0.3, 0.4) is 0 Å². The van der Waals surface area contributed by atoms with Gasteiger partial charge in [0.25, 0.3) is 0 Å². The first-order valence-electron chi connectivity index (χ1n) is 6.68. The first kappa shape index (κ1) is 15.6. The lowest BCUT2D eigenvalue weighted by atomic mass is 10.1. The second-order valence-corrected chi connectivity index (χ2v) is 5.76. The number of hydrogen-bond acceptors (Lipinski definition) is 3. The molecule has 0 aliphatic rings. The minimum Gasteiger partial charge on any atom is -0.491 e. The molecule has 0 aliphatic carbocycles. The Labute approximate surface area is 132 Å². The second kappa shape index (κ2) is 6.35. The van der Waals surface area contributed by atoms with Crippen LogP contribution in [0.5, 0.6) is 5.75 Å². The van der Waals surface area contributed by atoms with Crippen molar-refractivity contribution in [2.24, 2.45) is 0 Å². The van der Waals surface area contributed by atoms with Gasteiger partial charge in [-0.05, 0) is 44.0 Å². The highest BCUT2D eigenvalue weighted by Crippen LogP contribution is 2.33. The van der Waals surface area contributed by atoms with Gasteiger partial charge in [-0.2, -0.15) is 0 Å². The summed E-state index contributed by atoms with van der Waals surface area (Å²) < 4.78 is 20.0. The molecule has 0 fully saturated rings. The Morgan fingerprint density at radius 1 is 1.19 bits per heavy atom. The molecule has 2 aromatic carbocycles. The third-order valence-electron chi connectivity index (χ3n) is 3.16. The minimum absolute atomic E-state index is 0.196. The van der Waals surface area contributed by atoms with Crippen molar-refractivity contribution in [1.29, 1.82) is 0 Å². The lowest BCUT2D eigenvalue weighted by Gasteiger charge is -2.16. The van der Waals surface area contributed by atoms with Gasteiger partial charge < -0.3 is 15.8 Å². The predicted molar refractivity (Wildman–Crippen MR) is 88.9 cm³/mol. The highest BCUT2D eigenvalue weighted by molar-refractivity contribution is 9.10. The number of benzene rings is 2. The maximum Gasteiger partial charge on any atom is 0.167 e. The monoisotopic (exact) mass is 352 g/mol. The van der Waals surface area contributed by atoms with Crippen molar-refractivity contribution in [3.05, 3.63) is 45.7 Å². The molecule has 0 heterocycles. The molecular weight excluding hydrogens is 335 g/mol. The lowest BCUT2D eigenvalue weighted by molar-refractivity contribution is 0.322. The van der Waals surface area contributed by atoms with Crippen molar-refractivity contribution in [2.75, 3.05) is 17.7 Å². The van der Waals surface area contributed by atoms with Crippen LogP contribution in [0, 0.1) is 19.7 Å². The molecule has 0 spiro atoms. The van der Waals surface area contributed by atoms with Gasteiger partial charge in [0, 0.05) is 22.3 Å². The van der Waals surface area contributed by atoms with Crippen molar-refractivity contribution < 1.29 is 9.13 Å². The van der Waals surface area contributed by atoms with E-state index in [-0.39, 0.29) is 5.75 Å². The number of aryl methyl sites for hydroxylation is 2. The van der Waals surface area contributed by atoms with E-state index in [0.717, 1.165) is 21.3 Å². The molecule has 0 amide bonds. The zero-order chi connectivity index (χ0) is 15.6. The summed E-state index contributed by atoms with van der Waals surface area (Å²) in [6.07, 6.45) is 0. The summed E-state index contributed by atoms with van der Waals surface area (Å²) in [5.41, 5.74) is 9.98. The Bertz CT molecular complexity index is 651. The van der Waals surface area contributed by atoms with Gasteiger partial charge in [0.05, 0.1) is 18.0 Å². The quantitative estimate of drug-likeness (QED) is 0.767. The minimum atomic E-state index is -0.454. The van der Waals surface area contributed by atoms with Crippen LogP contribution < -0.4 is 15.8 Å². The van der Waals surface area contributed by atoms with Gasteiger partial charge in [0.2, 0.25) is 0 Å². The van der Waals surface area contributed by atoms with Crippen molar-refractivity contribution in [3.63, 3.8) is 0 Å². The Hall–Kier alpha value is -1.75. The summed E-state index contributed by atoms with van der Waals surface area (Å²) in [5, 5.41) is 3.27. The molecule has 0 atom stereocenters. The number of nitrogen functional groups attached to an aromatic ring is 1. The van der Waals surface area contributed by atoms with Crippen LogP contribution in [0.15, 0.2) is 28.7 Å². The fraction of sp³-hybridized carbons (Fsp3) is 0.250. The second-order valence-electron chi connectivity index (χ2n) is 4.84. The van der Waals surface area contributed by atoms with Gasteiger partial charge >= 0.3 is 0 Å². The standard InChI is InChI=1S/C16H18BrFN2O/c1-4-21-15-8-14(13(19)7-12(15)18)20-16-9(2)5-11(17)6-10(16)3/h5-8,20H,4,19H2,1-3H3. The summed E-state index contributed by atoms with van der Waals surface area (Å²) in [6, 6.07) is 6.89. The molecule has 5 heteroatoms. The van der Waals surface area contributed by atoms with Crippen molar-refractivity contribution >= 4 is 33.0 Å². The summed E-state index contributed by atoms with van der Waals surface area (Å²) in [5.74, 6) is -0.259. The van der Waals surface area contributed by atoms with Crippen LogP contribution in [0.25, 0.3) is 0 Å². The summed E-state index contributed by atoms with van der Waals surface area (Å²) in [4.78, 5) is 0. The molecule has 0 aromatic heterocycles. The average molecular weight is 353 g/mol. The van der Waals surface area contributed by atoms with E-state index in [9.17, 15) is 4.39 Å². The van der Waals surface area contributed by atoms with E-state index in [1.165, 1.54) is 6.07 Å². The van der Waals surface area contributed by atoms with Gasteiger partial charge in [-0.3, -0.25) is 0 Å². The van der Waals surface area contributed by atoms with E-state index >= 15 is 0 Å². The molecule has 112 valence electrons. The number of hydrogen-bond donors (Lipinski definition) is 2. The first-order chi connectivity index (χ1) is 9.92. The van der Waals surface area contributed by atoms with Crippen molar-refractivity contribution in [2.45, 2.75) is 20.8 Å². The Balaban J connectivity index is 2.42. The normalized spacial score (nSPS) is 10.5. The molecule has 0 unspecified atom stereocenters. The third kappa shape index (κ3) is 3.47. The third-order valence-corrected chi connectivity index (χ3v) is 3.62. The van der Waals surface area contributed by atoms with Crippen LogP contribution in [-0.4, -0.2) is 6.61 Å². The van der Waals surface area contributed by atoms with E-state index < -0.39 is 5.82 Å². The predicted octanol–water partition coefficient (Wildman–Crippen LogP) is 4.93. The molecule has 2 aromatic rings. The molecule has 0 bridgehead atoms. The van der Waals surface area contributed by atoms with E-state index in [1.807, 2.05) is 32.9 Å². The fourth-order valence-corrected chi connectivity index (χ4v) is 2.87. The maximum absolute atomic E-state index is 13.7. The summed E-state index contributed by atoms with van der Waals surface area (Å²) >= 11 is 3.47. The van der Waals surface area contributed by atoms with Crippen LogP contribution in [0.4, 0.5) is 21.5 Å². The van der Waals surface area contributed by atoms with Crippen molar-refractivity contribution in [1.82, 2.24) is 0 Å². The zero-order valence-electron chi connectivity index (χ0n) is 12.3. The highest BCUT2D eigenvalue weighted by Gasteiger charge is 2.11. The van der Waals surface area contributed by atoms with Gasteiger partial charge in [0.1, 0.15) is 0 Å². The van der Waals surface area contributed by atoms with Crippen molar-refractivity contribution in [3.8, 4) is 5.75 Å². The molecule has 2 rings (SSSR count). The molecule has 0 saturated carbocycles. The van der Waals surface area contributed by atoms with Gasteiger partial charge in [0.15, 0.2) is 11.6 Å². The summed E-state index contributed by atoms with van der Waals surface area (Å²) in [7, 11) is 0. The molecule has 21 heavy (non-hydrogen) atoms. The number of nitrogens with one attached hydrogen (secondary N) is 1. The van der Waals surface area contributed by atoms with Crippen LogP contribution in [-0.2, 0) is 0 Å². The van der Waals surface area contributed by atoms with Gasteiger partial charge in [-0.15, -0.1) is 0 Å². The number of ether oxygens (including phenoxy) is 1. The van der Waals surface area contributed by atoms with Gasteiger partial charge in [-0.1, -0.05) is 15.9 Å².